The van der Waals surface area contributed by atoms with Gasteiger partial charge < -0.3 is 5.11 Å². The minimum absolute atomic E-state index is 0.266. The molecule has 1 aromatic heterocycles. The predicted molar refractivity (Wildman–Crippen MR) is 59.5 cm³/mol. The van der Waals surface area contributed by atoms with Gasteiger partial charge in [0.15, 0.2) is 5.82 Å². The lowest BCUT2D eigenvalue weighted by molar-refractivity contribution is 0.0696. The first-order valence-electron chi connectivity index (χ1n) is 4.96. The molecule has 0 unspecified atom stereocenters. The van der Waals surface area contributed by atoms with Gasteiger partial charge in [-0.3, -0.25) is 0 Å². The van der Waals surface area contributed by atoms with E-state index in [1.54, 1.807) is 26.0 Å². The number of carboxylic acids is 1. The Kier molecular flexibility index (Phi) is 2.78. The van der Waals surface area contributed by atoms with Crippen molar-refractivity contribution in [1.82, 2.24) is 20.4 Å². The van der Waals surface area contributed by atoms with Crippen molar-refractivity contribution in [1.29, 1.82) is 0 Å². The Labute approximate surface area is 97.4 Å². The quantitative estimate of drug-likeness (QED) is 0.835. The van der Waals surface area contributed by atoms with Crippen molar-refractivity contribution in [3.05, 3.63) is 35.2 Å². The number of rotatable bonds is 2. The van der Waals surface area contributed by atoms with Gasteiger partial charge in [-0.15, -0.1) is 20.4 Å². The molecule has 0 atom stereocenters. The van der Waals surface area contributed by atoms with Gasteiger partial charge in [-0.05, 0) is 31.5 Å². The molecule has 0 aliphatic carbocycles. The van der Waals surface area contributed by atoms with Crippen molar-refractivity contribution in [2.45, 2.75) is 13.8 Å². The van der Waals surface area contributed by atoms with Gasteiger partial charge in [-0.25, -0.2) is 4.79 Å². The molecule has 0 fully saturated rings. The highest BCUT2D eigenvalue weighted by Gasteiger charge is 2.09. The number of hydrogen-bond acceptors (Lipinski definition) is 5. The second kappa shape index (κ2) is 4.25. The molecule has 1 aromatic carbocycles. The standard InChI is InChI=1S/C11H10N4O2/c1-6-5-8(3-4-9(6)11(16)17)10-14-12-7(2)13-15-10/h3-5H,1-2H3,(H,16,17). The molecule has 0 aliphatic heterocycles. The molecule has 0 radical (unpaired) electrons. The van der Waals surface area contributed by atoms with Crippen molar-refractivity contribution >= 4 is 5.97 Å². The van der Waals surface area contributed by atoms with Gasteiger partial charge in [-0.2, -0.15) is 0 Å². The zero-order valence-corrected chi connectivity index (χ0v) is 9.38. The third-order valence-electron chi connectivity index (χ3n) is 2.29. The van der Waals surface area contributed by atoms with Crippen LogP contribution in [0.2, 0.25) is 0 Å². The van der Waals surface area contributed by atoms with Crippen LogP contribution in [0.3, 0.4) is 0 Å². The third kappa shape index (κ3) is 2.25. The Morgan fingerprint density at radius 3 is 2.29 bits per heavy atom. The molecule has 86 valence electrons. The molecule has 1 heterocycles. The molecule has 0 saturated carbocycles. The van der Waals surface area contributed by atoms with E-state index in [0.717, 1.165) is 0 Å². The van der Waals surface area contributed by atoms with Crippen molar-refractivity contribution in [2.24, 2.45) is 0 Å². The number of carbonyl (C=O) groups is 1. The predicted octanol–water partition coefficient (Wildman–Crippen LogP) is 1.25. The Hall–Kier alpha value is -2.37. The fourth-order valence-corrected chi connectivity index (χ4v) is 1.44. The number of aromatic nitrogens is 4. The van der Waals surface area contributed by atoms with Crippen LogP contribution in [0.15, 0.2) is 18.2 Å². The van der Waals surface area contributed by atoms with Crippen molar-refractivity contribution < 1.29 is 9.90 Å². The van der Waals surface area contributed by atoms with E-state index in [1.165, 1.54) is 6.07 Å². The second-order valence-corrected chi connectivity index (χ2v) is 3.61. The summed E-state index contributed by atoms with van der Waals surface area (Å²) in [4.78, 5) is 10.9. The third-order valence-corrected chi connectivity index (χ3v) is 2.29. The van der Waals surface area contributed by atoms with E-state index in [9.17, 15) is 4.79 Å². The van der Waals surface area contributed by atoms with E-state index in [4.69, 9.17) is 5.11 Å². The summed E-state index contributed by atoms with van der Waals surface area (Å²) in [5.74, 6) is -0.0709. The highest BCUT2D eigenvalue weighted by Crippen LogP contribution is 2.18. The maximum atomic E-state index is 10.9. The lowest BCUT2D eigenvalue weighted by atomic mass is 10.1. The topological polar surface area (TPSA) is 88.9 Å². The summed E-state index contributed by atoms with van der Waals surface area (Å²) < 4.78 is 0. The maximum Gasteiger partial charge on any atom is 0.335 e. The average Bonchev–Trinajstić information content (AvgIpc) is 2.29. The summed E-state index contributed by atoms with van der Waals surface area (Å²) in [5, 5.41) is 24.3. The van der Waals surface area contributed by atoms with Gasteiger partial charge in [0.25, 0.3) is 0 Å². The van der Waals surface area contributed by atoms with Crippen LogP contribution in [0.25, 0.3) is 11.4 Å². The summed E-state index contributed by atoms with van der Waals surface area (Å²) in [6, 6.07) is 4.87. The highest BCUT2D eigenvalue weighted by molar-refractivity contribution is 5.90. The molecule has 0 saturated heterocycles. The molecule has 1 N–H and O–H groups in total. The molecular weight excluding hydrogens is 220 g/mol. The summed E-state index contributed by atoms with van der Waals surface area (Å²) in [6.07, 6.45) is 0. The minimum atomic E-state index is -0.949. The van der Waals surface area contributed by atoms with E-state index >= 15 is 0 Å². The monoisotopic (exact) mass is 230 g/mol. The summed E-state index contributed by atoms with van der Waals surface area (Å²) in [7, 11) is 0. The van der Waals surface area contributed by atoms with Crippen LogP contribution in [0.5, 0.6) is 0 Å². The van der Waals surface area contributed by atoms with Gasteiger partial charge in [0, 0.05) is 5.56 Å². The van der Waals surface area contributed by atoms with Crippen LogP contribution in [0, 0.1) is 13.8 Å². The molecule has 6 nitrogen and oxygen atoms in total. The number of carboxylic acid groups (broad SMARTS) is 1. The SMILES string of the molecule is Cc1nnc(-c2ccc(C(=O)O)c(C)c2)nn1. The average molecular weight is 230 g/mol. The van der Waals surface area contributed by atoms with E-state index in [1.807, 2.05) is 0 Å². The number of aryl methyl sites for hydroxylation is 2. The lowest BCUT2D eigenvalue weighted by Crippen LogP contribution is -2.02. The molecule has 0 bridgehead atoms. The van der Waals surface area contributed by atoms with Gasteiger partial charge in [0.05, 0.1) is 5.56 Å². The number of benzene rings is 1. The lowest BCUT2D eigenvalue weighted by Gasteiger charge is -2.03. The smallest absolute Gasteiger partial charge is 0.335 e. The van der Waals surface area contributed by atoms with E-state index in [2.05, 4.69) is 20.4 Å². The van der Waals surface area contributed by atoms with Crippen molar-refractivity contribution in [3.8, 4) is 11.4 Å². The normalized spacial score (nSPS) is 10.2. The second-order valence-electron chi connectivity index (χ2n) is 3.61. The fraction of sp³-hybridized carbons (Fsp3) is 0.182. The Balaban J connectivity index is 2.44. The minimum Gasteiger partial charge on any atom is -0.478 e. The van der Waals surface area contributed by atoms with Crippen LogP contribution < -0.4 is 0 Å². The summed E-state index contributed by atoms with van der Waals surface area (Å²) in [5.41, 5.74) is 1.62. The first-order valence-corrected chi connectivity index (χ1v) is 4.96. The number of aromatic carboxylic acids is 1. The van der Waals surface area contributed by atoms with Crippen LogP contribution in [-0.4, -0.2) is 31.5 Å². The Bertz CT molecular complexity index is 566. The number of nitrogens with zero attached hydrogens (tertiary/aromatic N) is 4. The fourth-order valence-electron chi connectivity index (χ4n) is 1.44. The first kappa shape index (κ1) is 11.1. The van der Waals surface area contributed by atoms with E-state index in [0.29, 0.717) is 22.8 Å². The molecule has 0 aliphatic rings. The van der Waals surface area contributed by atoms with Gasteiger partial charge in [0.2, 0.25) is 5.82 Å². The molecule has 2 aromatic rings. The Morgan fingerprint density at radius 2 is 1.76 bits per heavy atom. The molecular formula is C11H10N4O2. The van der Waals surface area contributed by atoms with E-state index in [-0.39, 0.29) is 5.56 Å². The zero-order valence-electron chi connectivity index (χ0n) is 9.38. The maximum absolute atomic E-state index is 10.9. The van der Waals surface area contributed by atoms with Crippen LogP contribution in [0.1, 0.15) is 21.7 Å². The van der Waals surface area contributed by atoms with Crippen LogP contribution in [-0.2, 0) is 0 Å². The molecule has 2 rings (SSSR count). The zero-order chi connectivity index (χ0) is 12.4. The molecule has 17 heavy (non-hydrogen) atoms. The van der Waals surface area contributed by atoms with Crippen LogP contribution in [0.4, 0.5) is 0 Å². The van der Waals surface area contributed by atoms with Crippen molar-refractivity contribution in [3.63, 3.8) is 0 Å². The Morgan fingerprint density at radius 1 is 1.12 bits per heavy atom. The largest absolute Gasteiger partial charge is 0.478 e. The van der Waals surface area contributed by atoms with Gasteiger partial charge in [0.1, 0.15) is 0 Å². The van der Waals surface area contributed by atoms with Crippen LogP contribution >= 0.6 is 0 Å². The number of hydrogen-bond donors (Lipinski definition) is 1. The van der Waals surface area contributed by atoms with E-state index < -0.39 is 5.97 Å². The summed E-state index contributed by atoms with van der Waals surface area (Å²) in [6.45, 7) is 3.42. The first-order chi connectivity index (χ1) is 8.08. The summed E-state index contributed by atoms with van der Waals surface area (Å²) >= 11 is 0. The molecule has 0 spiro atoms. The molecule has 6 heteroatoms. The van der Waals surface area contributed by atoms with Gasteiger partial charge >= 0.3 is 5.97 Å². The van der Waals surface area contributed by atoms with Crippen molar-refractivity contribution in [2.75, 3.05) is 0 Å². The highest BCUT2D eigenvalue weighted by atomic mass is 16.4. The molecule has 0 amide bonds. The van der Waals surface area contributed by atoms with Gasteiger partial charge in [-0.1, -0.05) is 6.07 Å².